The van der Waals surface area contributed by atoms with Crippen molar-refractivity contribution in [2.75, 3.05) is 6.61 Å². The molecule has 1 aliphatic rings. The van der Waals surface area contributed by atoms with E-state index in [0.29, 0.717) is 11.4 Å². The van der Waals surface area contributed by atoms with Crippen LogP contribution in [0.3, 0.4) is 0 Å². The van der Waals surface area contributed by atoms with Gasteiger partial charge in [-0.25, -0.2) is 4.79 Å². The van der Waals surface area contributed by atoms with Gasteiger partial charge in [-0.1, -0.05) is 0 Å². The molecule has 1 N–H and O–H groups in total. The maximum atomic E-state index is 11.3. The van der Waals surface area contributed by atoms with Gasteiger partial charge in [0.1, 0.15) is 0 Å². The van der Waals surface area contributed by atoms with Crippen molar-refractivity contribution in [1.82, 2.24) is 4.98 Å². The van der Waals surface area contributed by atoms with Crippen molar-refractivity contribution in [2.45, 2.75) is 6.92 Å². The van der Waals surface area contributed by atoms with Crippen molar-refractivity contribution in [3.05, 3.63) is 23.0 Å². The maximum absolute atomic E-state index is 11.3. The number of quaternary nitrogens is 1. The molecule has 2 heterocycles. The lowest BCUT2D eigenvalue weighted by atomic mass is 10.3. The molecule has 1 amide bonds. The summed E-state index contributed by atoms with van der Waals surface area (Å²) in [6, 6.07) is 3.39. The van der Waals surface area contributed by atoms with E-state index in [4.69, 9.17) is 4.74 Å². The van der Waals surface area contributed by atoms with Crippen LogP contribution in [-0.4, -0.2) is 17.5 Å². The SMILES string of the molecule is Cc1ccc2c(n1)[NH+]([O-])C(=O)CO2. The van der Waals surface area contributed by atoms with Crippen LogP contribution < -0.4 is 9.80 Å². The van der Waals surface area contributed by atoms with E-state index in [0.717, 1.165) is 0 Å². The van der Waals surface area contributed by atoms with Gasteiger partial charge in [-0.2, -0.15) is 4.98 Å². The highest BCUT2D eigenvalue weighted by molar-refractivity contribution is 5.73. The molecule has 0 saturated heterocycles. The third-order valence-electron chi connectivity index (χ3n) is 1.82. The standard InChI is InChI=1S/C8H8N2O3/c1-5-2-3-6-8(9-5)10(12)7(11)4-13-6/h2-3,10H,4H2,1H3. The summed E-state index contributed by atoms with van der Waals surface area (Å²) >= 11 is 0. The van der Waals surface area contributed by atoms with Crippen LogP contribution in [0.1, 0.15) is 5.69 Å². The van der Waals surface area contributed by atoms with Crippen LogP contribution in [-0.2, 0) is 4.79 Å². The monoisotopic (exact) mass is 180 g/mol. The fourth-order valence-corrected chi connectivity index (χ4v) is 1.16. The first-order valence-electron chi connectivity index (χ1n) is 3.86. The lowest BCUT2D eigenvalue weighted by Gasteiger charge is -2.24. The van der Waals surface area contributed by atoms with Gasteiger partial charge in [0.15, 0.2) is 0 Å². The molecule has 5 nitrogen and oxygen atoms in total. The molecule has 1 aromatic heterocycles. The topological polar surface area (TPSA) is 66.7 Å². The molecule has 2 rings (SSSR count). The quantitative estimate of drug-likeness (QED) is 0.537. The molecule has 0 aliphatic carbocycles. The number of hydrogen-bond donors (Lipinski definition) is 1. The second kappa shape index (κ2) is 2.79. The molecule has 0 spiro atoms. The Morgan fingerprint density at radius 1 is 1.62 bits per heavy atom. The highest BCUT2D eigenvalue weighted by atomic mass is 16.5. The Morgan fingerprint density at radius 3 is 3.15 bits per heavy atom. The smallest absolute Gasteiger partial charge is 0.356 e. The summed E-state index contributed by atoms with van der Waals surface area (Å²) in [6.45, 7) is 1.59. The van der Waals surface area contributed by atoms with Crippen LogP contribution in [0.15, 0.2) is 12.1 Å². The van der Waals surface area contributed by atoms with Crippen LogP contribution in [0.4, 0.5) is 5.82 Å². The lowest BCUT2D eigenvalue weighted by Crippen LogP contribution is -3.07. The highest BCUT2D eigenvalue weighted by Crippen LogP contribution is 2.20. The minimum absolute atomic E-state index is 0.135. The summed E-state index contributed by atoms with van der Waals surface area (Å²) in [5.74, 6) is -0.00273. The summed E-state index contributed by atoms with van der Waals surface area (Å²) in [6.07, 6.45) is 0. The van der Waals surface area contributed by atoms with E-state index in [1.54, 1.807) is 19.1 Å². The number of aromatic nitrogens is 1. The van der Waals surface area contributed by atoms with Gasteiger partial charge in [0.05, 0.1) is 0 Å². The molecule has 0 bridgehead atoms. The van der Waals surface area contributed by atoms with Crippen molar-refractivity contribution in [3.8, 4) is 5.75 Å². The van der Waals surface area contributed by atoms with Gasteiger partial charge in [0.2, 0.25) is 12.4 Å². The minimum Gasteiger partial charge on any atom is -0.620 e. The van der Waals surface area contributed by atoms with Crippen molar-refractivity contribution in [1.29, 1.82) is 0 Å². The molecule has 1 aliphatic heterocycles. The maximum Gasteiger partial charge on any atom is 0.356 e. The Labute approximate surface area is 74.5 Å². The lowest BCUT2D eigenvalue weighted by molar-refractivity contribution is -0.696. The fraction of sp³-hybridized carbons (Fsp3) is 0.250. The molecule has 0 radical (unpaired) electrons. The van der Waals surface area contributed by atoms with Gasteiger partial charge in [-0.15, -0.1) is 0 Å². The molecule has 1 unspecified atom stereocenters. The average molecular weight is 180 g/mol. The first-order valence-corrected chi connectivity index (χ1v) is 3.86. The molecule has 0 saturated carbocycles. The normalized spacial score (nSPS) is 20.8. The third kappa shape index (κ3) is 1.28. The van der Waals surface area contributed by atoms with Crippen molar-refractivity contribution in [2.24, 2.45) is 0 Å². The Morgan fingerprint density at radius 2 is 2.38 bits per heavy atom. The van der Waals surface area contributed by atoms with Gasteiger partial charge in [0, 0.05) is 5.69 Å². The van der Waals surface area contributed by atoms with E-state index in [9.17, 15) is 10.0 Å². The van der Waals surface area contributed by atoms with E-state index in [2.05, 4.69) is 4.98 Å². The van der Waals surface area contributed by atoms with Gasteiger partial charge in [-0.3, -0.25) is 5.06 Å². The number of fused-ring (bicyclic) bond motifs is 1. The van der Waals surface area contributed by atoms with Crippen LogP contribution >= 0.6 is 0 Å². The first-order chi connectivity index (χ1) is 6.18. The summed E-state index contributed by atoms with van der Waals surface area (Å²) in [4.78, 5) is 14.9. The summed E-state index contributed by atoms with van der Waals surface area (Å²) in [7, 11) is 0. The van der Waals surface area contributed by atoms with E-state index in [1.807, 2.05) is 0 Å². The van der Waals surface area contributed by atoms with Crippen LogP contribution in [0.5, 0.6) is 5.75 Å². The molecular weight excluding hydrogens is 172 g/mol. The number of carbonyl (C=O) groups excluding carboxylic acids is 1. The molecular formula is C8H8N2O3. The van der Waals surface area contributed by atoms with E-state index >= 15 is 0 Å². The number of ether oxygens (including phenoxy) is 1. The molecule has 1 aromatic rings. The van der Waals surface area contributed by atoms with Crippen LogP contribution in [0.25, 0.3) is 0 Å². The van der Waals surface area contributed by atoms with Crippen molar-refractivity contribution in [3.63, 3.8) is 0 Å². The van der Waals surface area contributed by atoms with Gasteiger partial charge >= 0.3 is 5.91 Å². The van der Waals surface area contributed by atoms with Crippen LogP contribution in [0, 0.1) is 12.1 Å². The Hall–Kier alpha value is -1.46. The number of hydroxylamine groups is 1. The number of rotatable bonds is 0. The van der Waals surface area contributed by atoms with Crippen LogP contribution in [0.2, 0.25) is 0 Å². The number of nitrogens with zero attached hydrogens (tertiary/aromatic N) is 1. The first kappa shape index (κ1) is 8.15. The summed E-state index contributed by atoms with van der Waals surface area (Å²) in [5.41, 5.74) is 0.699. The zero-order valence-corrected chi connectivity index (χ0v) is 7.03. The van der Waals surface area contributed by atoms with Gasteiger partial charge in [-0.05, 0) is 19.1 Å². The van der Waals surface area contributed by atoms with E-state index < -0.39 is 11.0 Å². The number of carbonyl (C=O) groups is 1. The summed E-state index contributed by atoms with van der Waals surface area (Å²) < 4.78 is 5.03. The average Bonchev–Trinajstić information content (AvgIpc) is 2.12. The number of amides is 1. The Balaban J connectivity index is 2.51. The Kier molecular flexibility index (Phi) is 1.75. The van der Waals surface area contributed by atoms with Gasteiger partial charge < -0.3 is 9.94 Å². The van der Waals surface area contributed by atoms with E-state index in [-0.39, 0.29) is 12.4 Å². The van der Waals surface area contributed by atoms with Crippen molar-refractivity contribution < 1.29 is 14.6 Å². The predicted octanol–water partition coefficient (Wildman–Crippen LogP) is -0.677. The second-order valence-electron chi connectivity index (χ2n) is 2.84. The zero-order valence-electron chi connectivity index (χ0n) is 7.03. The zero-order chi connectivity index (χ0) is 9.42. The Bertz CT molecular complexity index is 364. The number of aryl methyl sites for hydroxylation is 1. The minimum atomic E-state index is -0.551. The largest absolute Gasteiger partial charge is 0.620 e. The molecule has 5 heteroatoms. The predicted molar refractivity (Wildman–Crippen MR) is 43.5 cm³/mol. The highest BCUT2D eigenvalue weighted by Gasteiger charge is 2.26. The van der Waals surface area contributed by atoms with E-state index in [1.165, 1.54) is 0 Å². The number of hydrogen-bond acceptors (Lipinski definition) is 4. The molecule has 0 aromatic carbocycles. The molecule has 13 heavy (non-hydrogen) atoms. The van der Waals surface area contributed by atoms with Gasteiger partial charge in [0.25, 0.3) is 5.82 Å². The number of nitrogens with one attached hydrogen (secondary N) is 1. The molecule has 68 valence electrons. The van der Waals surface area contributed by atoms with Crippen molar-refractivity contribution >= 4 is 11.7 Å². The third-order valence-corrected chi connectivity index (χ3v) is 1.82. The second-order valence-corrected chi connectivity index (χ2v) is 2.84. The number of pyridine rings is 1. The summed E-state index contributed by atoms with van der Waals surface area (Å²) in [5, 5.41) is 10.7. The fourth-order valence-electron chi connectivity index (χ4n) is 1.16. The molecule has 0 fully saturated rings. The molecule has 1 atom stereocenters.